The van der Waals surface area contributed by atoms with Gasteiger partial charge in [0.15, 0.2) is 0 Å². The molecule has 0 bridgehead atoms. The van der Waals surface area contributed by atoms with Crippen molar-refractivity contribution < 1.29 is 22.4 Å². The fourth-order valence-electron chi connectivity index (χ4n) is 1.04. The Hall–Kier alpha value is -1.64. The first-order valence-electron chi connectivity index (χ1n) is 4.09. The predicted molar refractivity (Wildman–Crippen MR) is 44.5 cm³/mol. The van der Waals surface area contributed by atoms with Crippen LogP contribution in [0.5, 0.6) is 0 Å². The van der Waals surface area contributed by atoms with Crippen molar-refractivity contribution in [2.24, 2.45) is 5.84 Å². The van der Waals surface area contributed by atoms with Gasteiger partial charge in [-0.25, -0.2) is 23.4 Å². The van der Waals surface area contributed by atoms with Gasteiger partial charge in [0.1, 0.15) is 17.9 Å². The molecule has 0 spiro atoms. The van der Waals surface area contributed by atoms with E-state index in [4.69, 9.17) is 5.84 Å². The number of carbonyl (C=O) groups excluding carboxylic acids is 1. The predicted octanol–water partition coefficient (Wildman–Crippen LogP) is 0.748. The van der Waals surface area contributed by atoms with Crippen LogP contribution in [-0.4, -0.2) is 15.7 Å². The number of hydrogen-bond acceptors (Lipinski definition) is 3. The standard InChI is InChI=1S/C7H8F4N4O/c8-6(9)3-1-4(7(10)11)15(14-3)2-5(16)13-12/h1,6-7H,2,12H2,(H,13,16). The van der Waals surface area contributed by atoms with Crippen molar-refractivity contribution in [1.82, 2.24) is 15.2 Å². The quantitative estimate of drug-likeness (QED) is 0.353. The average molecular weight is 240 g/mol. The van der Waals surface area contributed by atoms with Crippen molar-refractivity contribution in [1.29, 1.82) is 0 Å². The first-order chi connectivity index (χ1) is 7.45. The Morgan fingerprint density at radius 3 is 2.50 bits per heavy atom. The number of hydrogen-bond donors (Lipinski definition) is 2. The summed E-state index contributed by atoms with van der Waals surface area (Å²) in [4.78, 5) is 10.8. The molecule has 0 unspecified atom stereocenters. The van der Waals surface area contributed by atoms with E-state index in [9.17, 15) is 22.4 Å². The van der Waals surface area contributed by atoms with Crippen LogP contribution < -0.4 is 11.3 Å². The average Bonchev–Trinajstić information content (AvgIpc) is 2.61. The van der Waals surface area contributed by atoms with Gasteiger partial charge in [0, 0.05) is 0 Å². The van der Waals surface area contributed by atoms with Crippen molar-refractivity contribution in [3.05, 3.63) is 17.5 Å². The van der Waals surface area contributed by atoms with E-state index in [-0.39, 0.29) is 0 Å². The normalized spacial score (nSPS) is 11.2. The van der Waals surface area contributed by atoms with Crippen LogP contribution in [0.1, 0.15) is 24.2 Å². The molecular weight excluding hydrogens is 232 g/mol. The molecule has 0 radical (unpaired) electrons. The molecule has 16 heavy (non-hydrogen) atoms. The number of nitrogens with zero attached hydrogens (tertiary/aromatic N) is 2. The van der Waals surface area contributed by atoms with Gasteiger partial charge in [0.05, 0.1) is 0 Å². The smallest absolute Gasteiger partial charge is 0.282 e. The van der Waals surface area contributed by atoms with Crippen LogP contribution in [0, 0.1) is 0 Å². The molecule has 1 rings (SSSR count). The number of nitrogens with one attached hydrogen (secondary N) is 1. The van der Waals surface area contributed by atoms with Crippen LogP contribution in [0.25, 0.3) is 0 Å². The number of halogens is 4. The van der Waals surface area contributed by atoms with Gasteiger partial charge in [-0.3, -0.25) is 14.9 Å². The summed E-state index contributed by atoms with van der Waals surface area (Å²) in [6.45, 7) is -0.636. The molecule has 9 heteroatoms. The number of nitrogens with two attached hydrogens (primary N) is 1. The summed E-state index contributed by atoms with van der Waals surface area (Å²) >= 11 is 0. The monoisotopic (exact) mass is 240 g/mol. The highest BCUT2D eigenvalue weighted by Crippen LogP contribution is 2.24. The minimum atomic E-state index is -2.99. The molecule has 1 amide bonds. The summed E-state index contributed by atoms with van der Waals surface area (Å²) in [5.41, 5.74) is 0.129. The number of aromatic nitrogens is 2. The number of alkyl halides is 4. The number of carbonyl (C=O) groups is 1. The Morgan fingerprint density at radius 2 is 2.06 bits per heavy atom. The molecule has 1 aromatic rings. The molecule has 5 nitrogen and oxygen atoms in total. The molecule has 0 saturated carbocycles. The lowest BCUT2D eigenvalue weighted by Crippen LogP contribution is -2.34. The second kappa shape index (κ2) is 4.92. The molecule has 0 aliphatic heterocycles. The summed E-state index contributed by atoms with van der Waals surface area (Å²) in [5, 5.41) is 3.19. The van der Waals surface area contributed by atoms with E-state index in [1.165, 1.54) is 0 Å². The largest absolute Gasteiger partial charge is 0.293 e. The lowest BCUT2D eigenvalue weighted by Gasteiger charge is -2.04. The zero-order valence-electron chi connectivity index (χ0n) is 7.83. The summed E-state index contributed by atoms with van der Waals surface area (Å²) < 4.78 is 49.7. The Bertz CT molecular complexity index is 378. The van der Waals surface area contributed by atoms with Gasteiger partial charge in [0.25, 0.3) is 18.8 Å². The molecule has 0 saturated heterocycles. The lowest BCUT2D eigenvalue weighted by molar-refractivity contribution is -0.122. The summed E-state index contributed by atoms with van der Waals surface area (Å²) in [6.07, 6.45) is -5.97. The zero-order valence-corrected chi connectivity index (χ0v) is 7.83. The number of amides is 1. The maximum atomic E-state index is 12.4. The van der Waals surface area contributed by atoms with Gasteiger partial charge in [-0.15, -0.1) is 0 Å². The van der Waals surface area contributed by atoms with E-state index in [2.05, 4.69) is 5.10 Å². The van der Waals surface area contributed by atoms with Crippen molar-refractivity contribution in [2.75, 3.05) is 0 Å². The molecule has 0 aromatic carbocycles. The molecule has 1 heterocycles. The van der Waals surface area contributed by atoms with Crippen LogP contribution in [0.2, 0.25) is 0 Å². The molecule has 0 aliphatic carbocycles. The van der Waals surface area contributed by atoms with Gasteiger partial charge in [0.2, 0.25) is 0 Å². The fraction of sp³-hybridized carbons (Fsp3) is 0.429. The van der Waals surface area contributed by atoms with Crippen molar-refractivity contribution in [2.45, 2.75) is 19.4 Å². The third-order valence-corrected chi connectivity index (χ3v) is 1.73. The fourth-order valence-corrected chi connectivity index (χ4v) is 1.04. The highest BCUT2D eigenvalue weighted by molar-refractivity contribution is 5.74. The van der Waals surface area contributed by atoms with E-state index in [0.29, 0.717) is 10.7 Å². The maximum absolute atomic E-state index is 12.4. The molecule has 90 valence electrons. The van der Waals surface area contributed by atoms with Crippen molar-refractivity contribution in [3.8, 4) is 0 Å². The minimum Gasteiger partial charge on any atom is -0.293 e. The van der Waals surface area contributed by atoms with E-state index in [1.54, 1.807) is 5.43 Å². The highest BCUT2D eigenvalue weighted by Gasteiger charge is 2.21. The molecule has 0 aliphatic rings. The minimum absolute atomic E-state index is 0.494. The highest BCUT2D eigenvalue weighted by atomic mass is 19.3. The van der Waals surface area contributed by atoms with Crippen molar-refractivity contribution >= 4 is 5.91 Å². The third kappa shape index (κ3) is 2.69. The zero-order chi connectivity index (χ0) is 12.3. The van der Waals surface area contributed by atoms with E-state index in [1.807, 2.05) is 0 Å². The van der Waals surface area contributed by atoms with E-state index >= 15 is 0 Å². The Labute approximate surface area is 87.2 Å². The number of hydrazine groups is 1. The Balaban J connectivity index is 3.00. The Morgan fingerprint density at radius 1 is 1.44 bits per heavy atom. The Kier molecular flexibility index (Phi) is 3.82. The van der Waals surface area contributed by atoms with Crippen LogP contribution in [0.15, 0.2) is 6.07 Å². The van der Waals surface area contributed by atoms with Crippen LogP contribution in [-0.2, 0) is 11.3 Å². The van der Waals surface area contributed by atoms with Gasteiger partial charge in [-0.2, -0.15) is 5.10 Å². The maximum Gasteiger partial charge on any atom is 0.282 e. The van der Waals surface area contributed by atoms with Gasteiger partial charge in [-0.1, -0.05) is 0 Å². The SMILES string of the molecule is NNC(=O)Cn1nc(C(F)F)cc1C(F)F. The first kappa shape index (κ1) is 12.4. The third-order valence-electron chi connectivity index (χ3n) is 1.73. The van der Waals surface area contributed by atoms with Gasteiger partial charge >= 0.3 is 0 Å². The lowest BCUT2D eigenvalue weighted by atomic mass is 10.3. The molecular formula is C7H8F4N4O. The van der Waals surface area contributed by atoms with E-state index in [0.717, 1.165) is 0 Å². The van der Waals surface area contributed by atoms with Gasteiger partial charge < -0.3 is 0 Å². The molecule has 0 atom stereocenters. The van der Waals surface area contributed by atoms with E-state index < -0.39 is 36.7 Å². The second-order valence-corrected chi connectivity index (χ2v) is 2.82. The molecule has 0 fully saturated rings. The summed E-state index contributed by atoms with van der Waals surface area (Å²) in [6, 6.07) is 0.555. The van der Waals surface area contributed by atoms with Crippen molar-refractivity contribution in [3.63, 3.8) is 0 Å². The molecule has 1 aromatic heterocycles. The number of rotatable bonds is 4. The van der Waals surface area contributed by atoms with Crippen LogP contribution in [0.3, 0.4) is 0 Å². The first-order valence-corrected chi connectivity index (χ1v) is 4.09. The summed E-state index contributed by atoms with van der Waals surface area (Å²) in [7, 11) is 0. The van der Waals surface area contributed by atoms with Crippen LogP contribution >= 0.6 is 0 Å². The second-order valence-electron chi connectivity index (χ2n) is 2.82. The van der Waals surface area contributed by atoms with Gasteiger partial charge in [-0.05, 0) is 6.07 Å². The van der Waals surface area contributed by atoms with Crippen LogP contribution in [0.4, 0.5) is 17.6 Å². The topological polar surface area (TPSA) is 72.9 Å². The molecule has 3 N–H and O–H groups in total. The summed E-state index contributed by atoms with van der Waals surface area (Å²) in [5.74, 6) is 3.92.